The molecule has 2 rings (SSSR count). The molecule has 114 valence electrons. The van der Waals surface area contributed by atoms with Crippen LogP contribution in [0, 0.1) is 5.92 Å². The zero-order valence-corrected chi connectivity index (χ0v) is 14.7. The molecule has 1 unspecified atom stereocenters. The largest absolute Gasteiger partial charge is 0.316 e. The number of nitrogens with one attached hydrogen (secondary N) is 1. The predicted molar refractivity (Wildman–Crippen MR) is 94.9 cm³/mol. The van der Waals surface area contributed by atoms with E-state index in [1.807, 2.05) is 18.2 Å². The van der Waals surface area contributed by atoms with Crippen molar-refractivity contribution < 1.29 is 0 Å². The average Bonchev–Trinajstić information content (AvgIpc) is 2.83. The third-order valence-corrected chi connectivity index (χ3v) is 4.96. The van der Waals surface area contributed by atoms with Gasteiger partial charge in [-0.25, -0.2) is 0 Å². The number of halogens is 2. The lowest BCUT2D eigenvalue weighted by Crippen LogP contribution is -2.26. The van der Waals surface area contributed by atoms with Crippen molar-refractivity contribution in [2.75, 3.05) is 13.1 Å². The maximum Gasteiger partial charge on any atom is 0.0931 e. The van der Waals surface area contributed by atoms with Gasteiger partial charge >= 0.3 is 0 Å². The van der Waals surface area contributed by atoms with Crippen molar-refractivity contribution in [2.45, 2.75) is 26.2 Å². The second-order valence-electron chi connectivity index (χ2n) is 5.68. The Hall–Kier alpha value is -0.540. The smallest absolute Gasteiger partial charge is 0.0931 e. The summed E-state index contributed by atoms with van der Waals surface area (Å²) < 4.78 is 0.845. The van der Waals surface area contributed by atoms with Gasteiger partial charge in [0.05, 0.1) is 4.34 Å². The maximum absolute atomic E-state index is 6.38. The molecule has 1 aromatic heterocycles. The quantitative estimate of drug-likeness (QED) is 0.688. The minimum atomic E-state index is 0.368. The Kier molecular flexibility index (Phi) is 6.56. The molecule has 0 aliphatic rings. The molecule has 0 saturated carbocycles. The second kappa shape index (κ2) is 8.19. The molecule has 21 heavy (non-hydrogen) atoms. The van der Waals surface area contributed by atoms with Gasteiger partial charge in [-0.1, -0.05) is 55.2 Å². The fourth-order valence-electron chi connectivity index (χ4n) is 2.35. The van der Waals surface area contributed by atoms with Crippen LogP contribution in [0.4, 0.5) is 0 Å². The first-order valence-corrected chi connectivity index (χ1v) is 8.83. The monoisotopic (exact) mass is 341 g/mol. The van der Waals surface area contributed by atoms with Crippen molar-refractivity contribution in [2.24, 2.45) is 5.92 Å². The van der Waals surface area contributed by atoms with Crippen molar-refractivity contribution >= 4 is 34.5 Å². The van der Waals surface area contributed by atoms with E-state index in [9.17, 15) is 0 Å². The van der Waals surface area contributed by atoms with Gasteiger partial charge in [0.25, 0.3) is 0 Å². The molecule has 0 radical (unpaired) electrons. The molecule has 1 atom stereocenters. The van der Waals surface area contributed by atoms with Crippen molar-refractivity contribution in [3.63, 3.8) is 0 Å². The standard InChI is InChI=1S/C17H21Cl2NS/c1-12(2)10-20-11-13(9-14-7-8-17(19)21-14)15-5-3-4-6-16(15)18/h3-8,12-13,20H,9-11H2,1-2H3. The highest BCUT2D eigenvalue weighted by molar-refractivity contribution is 7.16. The number of rotatable bonds is 7. The van der Waals surface area contributed by atoms with E-state index in [0.717, 1.165) is 28.9 Å². The first kappa shape index (κ1) is 16.8. The molecule has 0 fully saturated rings. The lowest BCUT2D eigenvalue weighted by molar-refractivity contribution is 0.515. The van der Waals surface area contributed by atoms with Gasteiger partial charge in [-0.3, -0.25) is 0 Å². The highest BCUT2D eigenvalue weighted by atomic mass is 35.5. The molecule has 0 bridgehead atoms. The van der Waals surface area contributed by atoms with E-state index in [2.05, 4.69) is 37.4 Å². The van der Waals surface area contributed by atoms with Crippen LogP contribution in [-0.2, 0) is 6.42 Å². The molecule has 0 aliphatic carbocycles. The Morgan fingerprint density at radius 1 is 1.05 bits per heavy atom. The molecule has 1 nitrogen and oxygen atoms in total. The summed E-state index contributed by atoms with van der Waals surface area (Å²) in [6.45, 7) is 6.39. The molecule has 0 saturated heterocycles. The summed E-state index contributed by atoms with van der Waals surface area (Å²) in [5.74, 6) is 1.01. The molecule has 1 N–H and O–H groups in total. The van der Waals surface area contributed by atoms with Crippen LogP contribution in [0.15, 0.2) is 36.4 Å². The van der Waals surface area contributed by atoms with E-state index in [-0.39, 0.29) is 0 Å². The predicted octanol–water partition coefficient (Wildman–Crippen LogP) is 5.63. The Bertz CT molecular complexity index is 565. The molecular weight excluding hydrogens is 321 g/mol. The van der Waals surface area contributed by atoms with Gasteiger partial charge in [0, 0.05) is 22.4 Å². The van der Waals surface area contributed by atoms with Gasteiger partial charge in [0.15, 0.2) is 0 Å². The minimum Gasteiger partial charge on any atom is -0.316 e. The summed E-state index contributed by atoms with van der Waals surface area (Å²) in [5, 5.41) is 4.39. The number of hydrogen-bond acceptors (Lipinski definition) is 2. The molecule has 0 aliphatic heterocycles. The third-order valence-electron chi connectivity index (χ3n) is 3.36. The highest BCUT2D eigenvalue weighted by Gasteiger charge is 2.16. The lowest BCUT2D eigenvalue weighted by atomic mass is 9.94. The highest BCUT2D eigenvalue weighted by Crippen LogP contribution is 2.30. The fraction of sp³-hybridized carbons (Fsp3) is 0.412. The molecule has 4 heteroatoms. The zero-order valence-electron chi connectivity index (χ0n) is 12.4. The van der Waals surface area contributed by atoms with E-state index < -0.39 is 0 Å². The van der Waals surface area contributed by atoms with Gasteiger partial charge in [0.2, 0.25) is 0 Å². The summed E-state index contributed by atoms with van der Waals surface area (Å²) in [6.07, 6.45) is 0.964. The van der Waals surface area contributed by atoms with Crippen molar-refractivity contribution in [1.82, 2.24) is 5.32 Å². The normalized spacial score (nSPS) is 12.8. The summed E-state index contributed by atoms with van der Waals surface area (Å²) in [7, 11) is 0. The van der Waals surface area contributed by atoms with Gasteiger partial charge in [-0.2, -0.15) is 0 Å². The number of hydrogen-bond donors (Lipinski definition) is 1. The van der Waals surface area contributed by atoms with Crippen LogP contribution in [-0.4, -0.2) is 13.1 Å². The molecule has 2 aromatic rings. The summed E-state index contributed by atoms with van der Waals surface area (Å²) in [4.78, 5) is 1.30. The van der Waals surface area contributed by atoms with Crippen LogP contribution in [0.5, 0.6) is 0 Å². The van der Waals surface area contributed by atoms with E-state index in [4.69, 9.17) is 23.2 Å². The van der Waals surface area contributed by atoms with E-state index in [1.165, 1.54) is 10.4 Å². The van der Waals surface area contributed by atoms with Crippen LogP contribution < -0.4 is 5.32 Å². The molecule has 1 heterocycles. The van der Waals surface area contributed by atoms with Crippen molar-refractivity contribution in [3.05, 3.63) is 56.2 Å². The maximum atomic E-state index is 6.38. The third kappa shape index (κ3) is 5.30. The number of thiophene rings is 1. The lowest BCUT2D eigenvalue weighted by Gasteiger charge is -2.19. The van der Waals surface area contributed by atoms with Crippen molar-refractivity contribution in [1.29, 1.82) is 0 Å². The SMILES string of the molecule is CC(C)CNCC(Cc1ccc(Cl)s1)c1ccccc1Cl. The van der Waals surface area contributed by atoms with Crippen LogP contribution in [0.3, 0.4) is 0 Å². The Morgan fingerprint density at radius 2 is 1.81 bits per heavy atom. The molecule has 0 spiro atoms. The molecular formula is C17H21Cl2NS. The van der Waals surface area contributed by atoms with E-state index in [0.29, 0.717) is 11.8 Å². The van der Waals surface area contributed by atoms with Gasteiger partial charge in [-0.15, -0.1) is 11.3 Å². The van der Waals surface area contributed by atoms with Crippen LogP contribution in [0.2, 0.25) is 9.36 Å². The Balaban J connectivity index is 2.12. The van der Waals surface area contributed by atoms with E-state index >= 15 is 0 Å². The summed E-state index contributed by atoms with van der Waals surface area (Å²) in [5.41, 5.74) is 1.21. The van der Waals surface area contributed by atoms with Gasteiger partial charge < -0.3 is 5.32 Å². The fourth-order valence-corrected chi connectivity index (χ4v) is 3.81. The first-order valence-electron chi connectivity index (χ1n) is 7.25. The van der Waals surface area contributed by atoms with Crippen LogP contribution in [0.1, 0.15) is 30.2 Å². The Morgan fingerprint density at radius 3 is 2.43 bits per heavy atom. The van der Waals surface area contributed by atoms with Crippen LogP contribution in [0.25, 0.3) is 0 Å². The molecule has 1 aromatic carbocycles. The Labute approximate surface area is 141 Å². The van der Waals surface area contributed by atoms with Crippen LogP contribution >= 0.6 is 34.5 Å². The topological polar surface area (TPSA) is 12.0 Å². The van der Waals surface area contributed by atoms with Gasteiger partial charge in [0.1, 0.15) is 0 Å². The minimum absolute atomic E-state index is 0.368. The average molecular weight is 342 g/mol. The van der Waals surface area contributed by atoms with Crippen molar-refractivity contribution in [3.8, 4) is 0 Å². The van der Waals surface area contributed by atoms with Gasteiger partial charge in [-0.05, 0) is 42.6 Å². The summed E-state index contributed by atoms with van der Waals surface area (Å²) in [6, 6.07) is 12.2. The second-order valence-corrected chi connectivity index (χ2v) is 7.89. The number of benzene rings is 1. The van der Waals surface area contributed by atoms with E-state index in [1.54, 1.807) is 11.3 Å². The summed E-state index contributed by atoms with van der Waals surface area (Å²) >= 11 is 14.1. The first-order chi connectivity index (χ1) is 10.1. The molecule has 0 amide bonds. The zero-order chi connectivity index (χ0) is 15.2.